The SMILES string of the molecule is [2H]c1c([2H])c([2H])c2c(sc3c([2H])c([2H])c([2H])c(-c4cccc(-c5ccc(-c6nc(-c7ccccc7)nc(-c7ccc(-c8ccccc8)cc7)n6)cc5)c4)c32)c1[2H]. The molecule has 2 heterocycles. The Morgan fingerprint density at radius 3 is 1.51 bits per heavy atom. The van der Waals surface area contributed by atoms with Crippen LogP contribution in [0.3, 0.4) is 0 Å². The van der Waals surface area contributed by atoms with Crippen LogP contribution in [0, 0.1) is 0 Å². The highest BCUT2D eigenvalue weighted by atomic mass is 32.1. The summed E-state index contributed by atoms with van der Waals surface area (Å²) in [6.45, 7) is 0. The van der Waals surface area contributed by atoms with Gasteiger partial charge in [-0.15, -0.1) is 11.3 Å². The van der Waals surface area contributed by atoms with Gasteiger partial charge in [0.1, 0.15) is 0 Å². The molecule has 49 heavy (non-hydrogen) atoms. The van der Waals surface area contributed by atoms with Gasteiger partial charge < -0.3 is 0 Å². The molecule has 0 fully saturated rings. The highest BCUT2D eigenvalue weighted by molar-refractivity contribution is 7.25. The molecule has 4 heteroatoms. The molecule has 3 nitrogen and oxygen atoms in total. The van der Waals surface area contributed by atoms with E-state index in [0.717, 1.165) is 50.3 Å². The summed E-state index contributed by atoms with van der Waals surface area (Å²) >= 11 is 1.06. The van der Waals surface area contributed by atoms with E-state index >= 15 is 0 Å². The molecular weight excluding hydrogens is 615 g/mol. The van der Waals surface area contributed by atoms with Crippen LogP contribution in [0.15, 0.2) is 176 Å². The van der Waals surface area contributed by atoms with Crippen LogP contribution >= 0.6 is 11.3 Å². The van der Waals surface area contributed by atoms with E-state index in [9.17, 15) is 0 Å². The highest BCUT2D eigenvalue weighted by Gasteiger charge is 2.14. The van der Waals surface area contributed by atoms with Crippen molar-refractivity contribution < 1.29 is 9.60 Å². The van der Waals surface area contributed by atoms with E-state index in [1.807, 2.05) is 109 Å². The van der Waals surface area contributed by atoms with Crippen molar-refractivity contribution in [2.45, 2.75) is 0 Å². The number of thiophene rings is 1. The Morgan fingerprint density at radius 1 is 0.388 bits per heavy atom. The van der Waals surface area contributed by atoms with E-state index < -0.39 is 0 Å². The van der Waals surface area contributed by atoms with Crippen molar-refractivity contribution in [3.63, 3.8) is 0 Å². The molecule has 2 aromatic heterocycles. The summed E-state index contributed by atoms with van der Waals surface area (Å²) < 4.78 is 60.8. The van der Waals surface area contributed by atoms with Crippen LogP contribution in [0.2, 0.25) is 0 Å². The van der Waals surface area contributed by atoms with E-state index in [-0.39, 0.29) is 47.7 Å². The van der Waals surface area contributed by atoms with Gasteiger partial charge in [0.2, 0.25) is 0 Å². The summed E-state index contributed by atoms with van der Waals surface area (Å²) in [5.41, 5.74) is 7.45. The summed E-state index contributed by atoms with van der Waals surface area (Å²) in [4.78, 5) is 14.7. The standard InChI is InChI=1S/C45H29N3S/c1-3-11-30(12-4-1)31-21-25-34(26-22-31)44-46-43(33-13-5-2-6-14-33)47-45(48-44)35-27-23-32(24-28-35)36-15-9-16-37(29-36)38-18-10-20-41-42(38)39-17-7-8-19-40(39)49-41/h1-29H/i7D,8D,10D,17D,18D,19D,20D. The number of hydrogen-bond acceptors (Lipinski definition) is 4. The predicted molar refractivity (Wildman–Crippen MR) is 205 cm³/mol. The van der Waals surface area contributed by atoms with E-state index in [1.165, 1.54) is 0 Å². The van der Waals surface area contributed by atoms with Gasteiger partial charge in [-0.25, -0.2) is 15.0 Å². The molecule has 0 radical (unpaired) electrons. The lowest BCUT2D eigenvalue weighted by Gasteiger charge is -2.10. The van der Waals surface area contributed by atoms with Crippen LogP contribution in [-0.2, 0) is 0 Å². The number of hydrogen-bond donors (Lipinski definition) is 0. The van der Waals surface area contributed by atoms with Crippen LogP contribution in [0.25, 0.3) is 87.7 Å². The van der Waals surface area contributed by atoms with E-state index in [1.54, 1.807) is 0 Å². The summed E-state index contributed by atoms with van der Waals surface area (Å²) in [6, 6.07) is 41.9. The molecule has 230 valence electrons. The lowest BCUT2D eigenvalue weighted by Crippen LogP contribution is -2.00. The Hall–Kier alpha value is -6.23. The molecule has 0 amide bonds. The fraction of sp³-hybridized carbons (Fsp3) is 0. The molecule has 0 saturated carbocycles. The van der Waals surface area contributed by atoms with Crippen molar-refractivity contribution in [1.82, 2.24) is 15.0 Å². The monoisotopic (exact) mass is 650 g/mol. The Morgan fingerprint density at radius 2 is 0.857 bits per heavy atom. The third-order valence-corrected chi connectivity index (χ3v) is 9.51. The number of fused-ring (bicyclic) bond motifs is 3. The topological polar surface area (TPSA) is 38.7 Å². The van der Waals surface area contributed by atoms with Gasteiger partial charge in [0, 0.05) is 36.9 Å². The van der Waals surface area contributed by atoms with E-state index in [4.69, 9.17) is 24.5 Å². The largest absolute Gasteiger partial charge is 0.208 e. The molecule has 9 aromatic rings. The second kappa shape index (κ2) is 12.4. The third kappa shape index (κ3) is 5.58. The average Bonchev–Trinajstić information content (AvgIpc) is 3.65. The zero-order valence-corrected chi connectivity index (χ0v) is 26.8. The number of aromatic nitrogens is 3. The Labute approximate surface area is 298 Å². The first-order valence-corrected chi connectivity index (χ1v) is 16.6. The van der Waals surface area contributed by atoms with Gasteiger partial charge in [-0.05, 0) is 51.5 Å². The Balaban J connectivity index is 1.12. The van der Waals surface area contributed by atoms with Crippen LogP contribution in [0.1, 0.15) is 9.60 Å². The van der Waals surface area contributed by atoms with Crippen LogP contribution < -0.4 is 0 Å². The molecule has 7 aromatic carbocycles. The Bertz CT molecular complexity index is 2970. The van der Waals surface area contributed by atoms with Crippen LogP contribution in [-0.4, -0.2) is 15.0 Å². The second-order valence-electron chi connectivity index (χ2n) is 11.5. The van der Waals surface area contributed by atoms with Gasteiger partial charge in [0.15, 0.2) is 17.5 Å². The maximum atomic E-state index is 8.98. The maximum absolute atomic E-state index is 8.98. The molecule has 0 aliphatic heterocycles. The normalized spacial score (nSPS) is 13.3. The van der Waals surface area contributed by atoms with E-state index in [0.29, 0.717) is 43.4 Å². The summed E-state index contributed by atoms with van der Waals surface area (Å²) in [7, 11) is 0. The number of benzene rings is 7. The molecule has 0 aliphatic carbocycles. The minimum atomic E-state index is -0.378. The Kier molecular flexibility index (Phi) is 5.67. The van der Waals surface area contributed by atoms with Gasteiger partial charge >= 0.3 is 0 Å². The predicted octanol–water partition coefficient (Wildman–Crippen LogP) is 12.2. The molecule has 0 atom stereocenters. The minimum absolute atomic E-state index is 0.167. The first-order chi connectivity index (χ1) is 27.2. The number of rotatable bonds is 6. The van der Waals surface area contributed by atoms with Crippen molar-refractivity contribution in [2.24, 2.45) is 0 Å². The third-order valence-electron chi connectivity index (χ3n) is 8.49. The van der Waals surface area contributed by atoms with Crippen LogP contribution in [0.5, 0.6) is 0 Å². The van der Waals surface area contributed by atoms with Crippen molar-refractivity contribution in [1.29, 1.82) is 0 Å². The van der Waals surface area contributed by atoms with E-state index in [2.05, 4.69) is 24.3 Å². The molecule has 9 rings (SSSR count). The molecule has 0 saturated heterocycles. The smallest absolute Gasteiger partial charge is 0.164 e. The lowest BCUT2D eigenvalue weighted by atomic mass is 9.95. The average molecular weight is 651 g/mol. The first kappa shape index (κ1) is 22.4. The molecular formula is C45H29N3S. The maximum Gasteiger partial charge on any atom is 0.164 e. The summed E-state index contributed by atoms with van der Waals surface area (Å²) in [6.07, 6.45) is 0. The minimum Gasteiger partial charge on any atom is -0.208 e. The molecule has 0 N–H and O–H groups in total. The summed E-state index contributed by atoms with van der Waals surface area (Å²) in [5, 5.41) is 0.659. The number of nitrogens with zero attached hydrogens (tertiary/aromatic N) is 3. The summed E-state index contributed by atoms with van der Waals surface area (Å²) in [5.74, 6) is 1.64. The van der Waals surface area contributed by atoms with Crippen LogP contribution in [0.4, 0.5) is 0 Å². The van der Waals surface area contributed by atoms with Gasteiger partial charge in [-0.1, -0.05) is 158 Å². The zero-order valence-electron chi connectivity index (χ0n) is 33.0. The van der Waals surface area contributed by atoms with Gasteiger partial charge in [-0.2, -0.15) is 0 Å². The zero-order chi connectivity index (χ0) is 38.7. The van der Waals surface area contributed by atoms with Crippen molar-refractivity contribution in [3.8, 4) is 67.5 Å². The molecule has 0 unspecified atom stereocenters. The van der Waals surface area contributed by atoms with Gasteiger partial charge in [0.25, 0.3) is 0 Å². The lowest BCUT2D eigenvalue weighted by molar-refractivity contribution is 1.07. The highest BCUT2D eigenvalue weighted by Crippen LogP contribution is 2.40. The van der Waals surface area contributed by atoms with Crippen molar-refractivity contribution in [3.05, 3.63) is 176 Å². The van der Waals surface area contributed by atoms with Crippen molar-refractivity contribution >= 4 is 31.5 Å². The fourth-order valence-electron chi connectivity index (χ4n) is 6.04. The van der Waals surface area contributed by atoms with Gasteiger partial charge in [0.05, 0.1) is 9.60 Å². The molecule has 0 spiro atoms. The quantitative estimate of drug-likeness (QED) is 0.180. The first-order valence-electron chi connectivity index (χ1n) is 19.3. The van der Waals surface area contributed by atoms with Crippen molar-refractivity contribution in [2.75, 3.05) is 0 Å². The molecule has 0 bridgehead atoms. The molecule has 0 aliphatic rings. The second-order valence-corrected chi connectivity index (χ2v) is 12.6. The van der Waals surface area contributed by atoms with Gasteiger partial charge in [-0.3, -0.25) is 0 Å². The fourth-order valence-corrected chi connectivity index (χ4v) is 7.00.